The Morgan fingerprint density at radius 3 is 2.53 bits per heavy atom. The van der Waals surface area contributed by atoms with Gasteiger partial charge in [-0.3, -0.25) is 0 Å². The minimum Gasteiger partial charge on any atom is -0.382 e. The maximum atomic E-state index is 5.43. The molecule has 108 valence electrons. The summed E-state index contributed by atoms with van der Waals surface area (Å²) in [6.45, 7) is 7.43. The second kappa shape index (κ2) is 10.3. The number of hydrogen-bond acceptors (Lipinski definition) is 4. The van der Waals surface area contributed by atoms with Crippen LogP contribution >= 0.6 is 11.8 Å². The number of ether oxygens (including phenoxy) is 2. The van der Waals surface area contributed by atoms with E-state index in [0.29, 0.717) is 19.3 Å². The van der Waals surface area contributed by atoms with Crippen molar-refractivity contribution in [3.63, 3.8) is 0 Å². The Balaban J connectivity index is 2.24. The minimum atomic E-state index is 0.418. The molecule has 1 aromatic carbocycles. The van der Waals surface area contributed by atoms with E-state index < -0.39 is 0 Å². The van der Waals surface area contributed by atoms with Crippen molar-refractivity contribution in [2.24, 2.45) is 0 Å². The predicted octanol–water partition coefficient (Wildman–Crippen LogP) is 3.11. The standard InChI is InChI=1S/C15H25NO2S/c1-4-16-13(2)14-5-7-15(8-6-14)19-12-11-18-10-9-17-3/h5-8,13,16H,4,9-12H2,1-3H3. The summed E-state index contributed by atoms with van der Waals surface area (Å²) in [5.41, 5.74) is 1.34. The number of thioether (sulfide) groups is 1. The molecule has 0 aliphatic carbocycles. The molecule has 19 heavy (non-hydrogen) atoms. The first-order chi connectivity index (χ1) is 9.27. The van der Waals surface area contributed by atoms with Crippen molar-refractivity contribution in [1.82, 2.24) is 5.32 Å². The molecular weight excluding hydrogens is 258 g/mol. The van der Waals surface area contributed by atoms with Gasteiger partial charge in [0.1, 0.15) is 0 Å². The molecule has 4 heteroatoms. The van der Waals surface area contributed by atoms with Gasteiger partial charge in [0.05, 0.1) is 19.8 Å². The Hall–Kier alpha value is -0.550. The summed E-state index contributed by atoms with van der Waals surface area (Å²) in [5, 5.41) is 3.41. The molecule has 0 aliphatic heterocycles. The van der Waals surface area contributed by atoms with E-state index in [4.69, 9.17) is 9.47 Å². The van der Waals surface area contributed by atoms with Gasteiger partial charge in [-0.2, -0.15) is 0 Å². The molecule has 0 amide bonds. The Morgan fingerprint density at radius 2 is 1.89 bits per heavy atom. The highest BCUT2D eigenvalue weighted by Gasteiger charge is 2.03. The Bertz CT molecular complexity index is 329. The van der Waals surface area contributed by atoms with Crippen LogP contribution in [0.2, 0.25) is 0 Å². The van der Waals surface area contributed by atoms with Crippen LogP contribution in [0.25, 0.3) is 0 Å². The molecule has 1 N–H and O–H groups in total. The van der Waals surface area contributed by atoms with Gasteiger partial charge in [0, 0.05) is 23.8 Å². The van der Waals surface area contributed by atoms with Crippen molar-refractivity contribution in [1.29, 1.82) is 0 Å². The molecule has 0 saturated heterocycles. The van der Waals surface area contributed by atoms with Gasteiger partial charge in [-0.15, -0.1) is 11.8 Å². The van der Waals surface area contributed by atoms with Crippen molar-refractivity contribution in [3.05, 3.63) is 29.8 Å². The first-order valence-electron chi connectivity index (χ1n) is 6.80. The van der Waals surface area contributed by atoms with Crippen LogP contribution in [0.15, 0.2) is 29.2 Å². The van der Waals surface area contributed by atoms with Crippen LogP contribution in [0.4, 0.5) is 0 Å². The average molecular weight is 283 g/mol. The average Bonchev–Trinajstić information content (AvgIpc) is 2.43. The summed E-state index contributed by atoms with van der Waals surface area (Å²) < 4.78 is 10.4. The third kappa shape index (κ3) is 6.97. The number of nitrogens with one attached hydrogen (secondary N) is 1. The third-order valence-corrected chi connectivity index (χ3v) is 3.79. The lowest BCUT2D eigenvalue weighted by Gasteiger charge is -2.13. The summed E-state index contributed by atoms with van der Waals surface area (Å²) in [5.74, 6) is 0.978. The number of methoxy groups -OCH3 is 1. The van der Waals surface area contributed by atoms with E-state index in [2.05, 4.69) is 43.4 Å². The van der Waals surface area contributed by atoms with Crippen molar-refractivity contribution < 1.29 is 9.47 Å². The molecule has 0 fully saturated rings. The quantitative estimate of drug-likeness (QED) is 0.528. The lowest BCUT2D eigenvalue weighted by Crippen LogP contribution is -2.17. The van der Waals surface area contributed by atoms with Crippen molar-refractivity contribution in [2.45, 2.75) is 24.8 Å². The van der Waals surface area contributed by atoms with Crippen molar-refractivity contribution in [3.8, 4) is 0 Å². The van der Waals surface area contributed by atoms with Crippen LogP contribution < -0.4 is 5.32 Å². The highest BCUT2D eigenvalue weighted by molar-refractivity contribution is 7.99. The number of hydrogen-bond donors (Lipinski definition) is 1. The third-order valence-electron chi connectivity index (χ3n) is 2.82. The number of rotatable bonds is 10. The van der Waals surface area contributed by atoms with Gasteiger partial charge in [0.25, 0.3) is 0 Å². The topological polar surface area (TPSA) is 30.5 Å². The van der Waals surface area contributed by atoms with Crippen LogP contribution in [0.3, 0.4) is 0 Å². The normalized spacial score (nSPS) is 12.6. The molecule has 0 radical (unpaired) electrons. The fourth-order valence-corrected chi connectivity index (χ4v) is 2.50. The van der Waals surface area contributed by atoms with Crippen LogP contribution in [-0.4, -0.2) is 39.2 Å². The first-order valence-corrected chi connectivity index (χ1v) is 7.79. The Labute approximate surface area is 121 Å². The molecule has 0 heterocycles. The van der Waals surface area contributed by atoms with E-state index >= 15 is 0 Å². The maximum Gasteiger partial charge on any atom is 0.0700 e. The van der Waals surface area contributed by atoms with E-state index in [1.807, 2.05) is 11.8 Å². The van der Waals surface area contributed by atoms with Gasteiger partial charge in [-0.1, -0.05) is 19.1 Å². The van der Waals surface area contributed by atoms with Gasteiger partial charge in [0.15, 0.2) is 0 Å². The molecule has 1 rings (SSSR count). The van der Waals surface area contributed by atoms with E-state index in [-0.39, 0.29) is 0 Å². The highest BCUT2D eigenvalue weighted by Crippen LogP contribution is 2.20. The zero-order valence-electron chi connectivity index (χ0n) is 12.1. The molecule has 1 aromatic rings. The zero-order valence-corrected chi connectivity index (χ0v) is 13.0. The first kappa shape index (κ1) is 16.5. The monoisotopic (exact) mass is 283 g/mol. The predicted molar refractivity (Wildman–Crippen MR) is 82.0 cm³/mol. The van der Waals surface area contributed by atoms with Crippen LogP contribution in [0.1, 0.15) is 25.5 Å². The van der Waals surface area contributed by atoms with Gasteiger partial charge < -0.3 is 14.8 Å². The molecule has 3 nitrogen and oxygen atoms in total. The Kier molecular flexibility index (Phi) is 8.91. The minimum absolute atomic E-state index is 0.418. The summed E-state index contributed by atoms with van der Waals surface area (Å²) in [6.07, 6.45) is 0. The highest BCUT2D eigenvalue weighted by atomic mass is 32.2. The fourth-order valence-electron chi connectivity index (χ4n) is 1.74. The molecule has 0 aromatic heterocycles. The van der Waals surface area contributed by atoms with Crippen LogP contribution in [0, 0.1) is 0 Å². The molecule has 1 unspecified atom stereocenters. The summed E-state index contributed by atoms with van der Waals surface area (Å²) in [4.78, 5) is 1.29. The second-order valence-electron chi connectivity index (χ2n) is 4.30. The molecule has 1 atom stereocenters. The van der Waals surface area contributed by atoms with Gasteiger partial charge in [-0.05, 0) is 31.2 Å². The van der Waals surface area contributed by atoms with Gasteiger partial charge in [-0.25, -0.2) is 0 Å². The second-order valence-corrected chi connectivity index (χ2v) is 5.47. The summed E-state index contributed by atoms with van der Waals surface area (Å²) in [7, 11) is 1.69. The molecule has 0 saturated carbocycles. The van der Waals surface area contributed by atoms with Crippen molar-refractivity contribution >= 4 is 11.8 Å². The summed E-state index contributed by atoms with van der Waals surface area (Å²) >= 11 is 1.83. The summed E-state index contributed by atoms with van der Waals surface area (Å²) in [6, 6.07) is 9.18. The number of benzene rings is 1. The van der Waals surface area contributed by atoms with Crippen LogP contribution in [-0.2, 0) is 9.47 Å². The smallest absolute Gasteiger partial charge is 0.0700 e. The van der Waals surface area contributed by atoms with E-state index in [9.17, 15) is 0 Å². The largest absolute Gasteiger partial charge is 0.382 e. The molecule has 0 spiro atoms. The van der Waals surface area contributed by atoms with Crippen molar-refractivity contribution in [2.75, 3.05) is 39.2 Å². The van der Waals surface area contributed by atoms with Gasteiger partial charge in [0.2, 0.25) is 0 Å². The lowest BCUT2D eigenvalue weighted by molar-refractivity contribution is 0.0790. The van der Waals surface area contributed by atoms with E-state index in [1.54, 1.807) is 7.11 Å². The lowest BCUT2D eigenvalue weighted by atomic mass is 10.1. The SMILES string of the molecule is CCNC(C)c1ccc(SCCOCCOC)cc1. The maximum absolute atomic E-state index is 5.43. The Morgan fingerprint density at radius 1 is 1.16 bits per heavy atom. The fraction of sp³-hybridized carbons (Fsp3) is 0.600. The van der Waals surface area contributed by atoms with E-state index in [0.717, 1.165) is 18.9 Å². The molecule has 0 aliphatic rings. The molecule has 0 bridgehead atoms. The van der Waals surface area contributed by atoms with E-state index in [1.165, 1.54) is 10.5 Å². The van der Waals surface area contributed by atoms with Gasteiger partial charge >= 0.3 is 0 Å². The molecular formula is C15H25NO2S. The van der Waals surface area contributed by atoms with Crippen LogP contribution in [0.5, 0.6) is 0 Å². The zero-order chi connectivity index (χ0) is 13.9.